The van der Waals surface area contributed by atoms with Crippen molar-refractivity contribution in [2.75, 3.05) is 6.54 Å². The quantitative estimate of drug-likeness (QED) is 0.907. The van der Waals surface area contributed by atoms with E-state index >= 15 is 0 Å². The van der Waals surface area contributed by atoms with Gasteiger partial charge in [0.2, 0.25) is 0 Å². The lowest BCUT2D eigenvalue weighted by Crippen LogP contribution is -2.18. The summed E-state index contributed by atoms with van der Waals surface area (Å²) in [6.45, 7) is 0.490. The van der Waals surface area contributed by atoms with Crippen LogP contribution in [0.4, 0.5) is 0 Å². The first-order chi connectivity index (χ1) is 9.29. The van der Waals surface area contributed by atoms with Gasteiger partial charge >= 0.3 is 0 Å². The zero-order chi connectivity index (χ0) is 13.2. The predicted octanol–water partition coefficient (Wildman–Crippen LogP) is 3.46. The summed E-state index contributed by atoms with van der Waals surface area (Å²) >= 11 is 3.46. The number of nitrogens with two attached hydrogens (primary N) is 1. The second-order valence-corrected chi connectivity index (χ2v) is 7.25. The van der Waals surface area contributed by atoms with E-state index in [0.717, 1.165) is 4.88 Å². The van der Waals surface area contributed by atoms with E-state index in [1.807, 2.05) is 11.4 Å². The topological polar surface area (TPSA) is 46.2 Å². The van der Waals surface area contributed by atoms with Crippen LogP contribution >= 0.6 is 22.7 Å². The first kappa shape index (κ1) is 13.3. The molecule has 3 N–H and O–H groups in total. The fourth-order valence-corrected chi connectivity index (χ4v) is 4.94. The molecule has 0 amide bonds. The molecule has 0 saturated carbocycles. The van der Waals surface area contributed by atoms with Gasteiger partial charge in [0, 0.05) is 27.1 Å². The Morgan fingerprint density at radius 1 is 1.26 bits per heavy atom. The highest BCUT2D eigenvalue weighted by Gasteiger charge is 2.25. The standard InChI is InChI=1S/C15H19NOS2/c16-9-11(13-6-3-7-18-13)15(17)14-8-10-4-1-2-5-12(10)19-14/h3,6-8,11,15,17H,1-2,4-5,9,16H2. The largest absolute Gasteiger partial charge is 0.387 e. The Hall–Kier alpha value is -0.680. The SMILES string of the molecule is NCC(c1cccs1)C(O)c1cc2c(s1)CCCC2. The van der Waals surface area contributed by atoms with E-state index in [-0.39, 0.29) is 5.92 Å². The molecule has 0 saturated heterocycles. The predicted molar refractivity (Wildman–Crippen MR) is 82.0 cm³/mol. The van der Waals surface area contributed by atoms with Crippen LogP contribution < -0.4 is 5.73 Å². The van der Waals surface area contributed by atoms with Crippen molar-refractivity contribution < 1.29 is 5.11 Å². The number of aliphatic hydroxyl groups excluding tert-OH is 1. The zero-order valence-electron chi connectivity index (χ0n) is 10.8. The molecular formula is C15H19NOS2. The van der Waals surface area contributed by atoms with Crippen LogP contribution in [0, 0.1) is 0 Å². The summed E-state index contributed by atoms with van der Waals surface area (Å²) in [6.07, 6.45) is 4.46. The van der Waals surface area contributed by atoms with Gasteiger partial charge in [-0.05, 0) is 48.8 Å². The number of aryl methyl sites for hydroxylation is 2. The van der Waals surface area contributed by atoms with Crippen LogP contribution in [0.2, 0.25) is 0 Å². The summed E-state index contributed by atoms with van der Waals surface area (Å²) in [5.41, 5.74) is 7.33. The third kappa shape index (κ3) is 2.63. The molecule has 0 aliphatic heterocycles. The van der Waals surface area contributed by atoms with Gasteiger partial charge in [-0.3, -0.25) is 0 Å². The number of thiophene rings is 2. The highest BCUT2D eigenvalue weighted by molar-refractivity contribution is 7.12. The van der Waals surface area contributed by atoms with Crippen molar-refractivity contribution in [3.8, 4) is 0 Å². The highest BCUT2D eigenvalue weighted by Crippen LogP contribution is 2.39. The van der Waals surface area contributed by atoms with Crippen LogP contribution in [0.25, 0.3) is 0 Å². The lowest BCUT2D eigenvalue weighted by atomic mass is 9.96. The fourth-order valence-electron chi connectivity index (χ4n) is 2.76. The molecule has 2 aromatic heterocycles. The lowest BCUT2D eigenvalue weighted by Gasteiger charge is -2.19. The van der Waals surface area contributed by atoms with Crippen molar-refractivity contribution in [2.24, 2.45) is 5.73 Å². The Kier molecular flexibility index (Phi) is 4.03. The second kappa shape index (κ2) is 5.75. The molecule has 19 heavy (non-hydrogen) atoms. The van der Waals surface area contributed by atoms with Crippen molar-refractivity contribution in [1.29, 1.82) is 0 Å². The molecule has 0 bridgehead atoms. The Morgan fingerprint density at radius 2 is 2.11 bits per heavy atom. The number of hydrogen-bond donors (Lipinski definition) is 2. The molecule has 0 aromatic carbocycles. The summed E-state index contributed by atoms with van der Waals surface area (Å²) < 4.78 is 0. The van der Waals surface area contributed by atoms with Gasteiger partial charge in [0.05, 0.1) is 6.10 Å². The average molecular weight is 293 g/mol. The summed E-state index contributed by atoms with van der Waals surface area (Å²) in [4.78, 5) is 3.75. The van der Waals surface area contributed by atoms with Gasteiger partial charge in [-0.15, -0.1) is 22.7 Å². The van der Waals surface area contributed by atoms with Crippen LogP contribution in [0.15, 0.2) is 23.6 Å². The van der Waals surface area contributed by atoms with Crippen LogP contribution in [-0.4, -0.2) is 11.7 Å². The number of fused-ring (bicyclic) bond motifs is 1. The van der Waals surface area contributed by atoms with E-state index in [4.69, 9.17) is 5.73 Å². The van der Waals surface area contributed by atoms with Crippen molar-refractivity contribution in [1.82, 2.24) is 0 Å². The third-order valence-electron chi connectivity index (χ3n) is 3.85. The van der Waals surface area contributed by atoms with E-state index in [1.54, 1.807) is 22.7 Å². The minimum Gasteiger partial charge on any atom is -0.387 e. The summed E-state index contributed by atoms with van der Waals surface area (Å²) in [5, 5.41) is 12.7. The van der Waals surface area contributed by atoms with Crippen molar-refractivity contribution >= 4 is 22.7 Å². The fraction of sp³-hybridized carbons (Fsp3) is 0.467. The molecule has 2 nitrogen and oxygen atoms in total. The van der Waals surface area contributed by atoms with Gasteiger partial charge in [-0.1, -0.05) is 6.07 Å². The monoisotopic (exact) mass is 293 g/mol. The van der Waals surface area contributed by atoms with Gasteiger partial charge in [0.15, 0.2) is 0 Å². The maximum Gasteiger partial charge on any atom is 0.0970 e. The Bertz CT molecular complexity index is 509. The average Bonchev–Trinajstić information content (AvgIpc) is 3.08. The van der Waals surface area contributed by atoms with Crippen molar-refractivity contribution in [3.05, 3.63) is 43.8 Å². The molecule has 4 heteroatoms. The number of rotatable bonds is 4. The highest BCUT2D eigenvalue weighted by atomic mass is 32.1. The van der Waals surface area contributed by atoms with Gasteiger partial charge in [-0.2, -0.15) is 0 Å². The maximum absolute atomic E-state index is 10.6. The Balaban J connectivity index is 1.86. The van der Waals surface area contributed by atoms with Gasteiger partial charge in [0.25, 0.3) is 0 Å². The summed E-state index contributed by atoms with van der Waals surface area (Å²) in [5.74, 6) is 0.0279. The molecule has 2 aromatic rings. The normalized spacial score (nSPS) is 18.0. The Morgan fingerprint density at radius 3 is 2.79 bits per heavy atom. The minimum absolute atomic E-state index is 0.0279. The molecule has 2 heterocycles. The first-order valence-corrected chi connectivity index (χ1v) is 8.52. The van der Waals surface area contributed by atoms with Crippen molar-refractivity contribution in [2.45, 2.75) is 37.7 Å². The molecule has 3 rings (SSSR count). The van der Waals surface area contributed by atoms with Crippen LogP contribution in [0.1, 0.15) is 45.1 Å². The molecular weight excluding hydrogens is 274 g/mol. The molecule has 0 spiro atoms. The molecule has 2 atom stereocenters. The molecule has 1 aliphatic rings. The van der Waals surface area contributed by atoms with Gasteiger partial charge < -0.3 is 10.8 Å². The first-order valence-electron chi connectivity index (χ1n) is 6.82. The molecule has 1 aliphatic carbocycles. The van der Waals surface area contributed by atoms with E-state index in [2.05, 4.69) is 12.1 Å². The second-order valence-electron chi connectivity index (χ2n) is 5.11. The minimum atomic E-state index is -0.459. The lowest BCUT2D eigenvalue weighted by molar-refractivity contribution is 0.152. The van der Waals surface area contributed by atoms with Crippen LogP contribution in [0.3, 0.4) is 0 Å². The van der Waals surface area contributed by atoms with E-state index in [1.165, 1.54) is 41.0 Å². The smallest absolute Gasteiger partial charge is 0.0970 e. The van der Waals surface area contributed by atoms with E-state index < -0.39 is 6.10 Å². The van der Waals surface area contributed by atoms with Gasteiger partial charge in [0.1, 0.15) is 0 Å². The van der Waals surface area contributed by atoms with E-state index in [0.29, 0.717) is 6.54 Å². The molecule has 102 valence electrons. The molecule has 0 radical (unpaired) electrons. The zero-order valence-corrected chi connectivity index (χ0v) is 12.5. The molecule has 0 fully saturated rings. The maximum atomic E-state index is 10.6. The number of aliphatic hydroxyl groups is 1. The summed E-state index contributed by atoms with van der Waals surface area (Å²) in [7, 11) is 0. The van der Waals surface area contributed by atoms with Gasteiger partial charge in [-0.25, -0.2) is 0 Å². The van der Waals surface area contributed by atoms with E-state index in [9.17, 15) is 5.11 Å². The van der Waals surface area contributed by atoms with Crippen LogP contribution in [0.5, 0.6) is 0 Å². The molecule has 2 unspecified atom stereocenters. The summed E-state index contributed by atoms with van der Waals surface area (Å²) in [6, 6.07) is 6.30. The number of hydrogen-bond acceptors (Lipinski definition) is 4. The Labute approximate surface area is 121 Å². The van der Waals surface area contributed by atoms with Crippen molar-refractivity contribution in [3.63, 3.8) is 0 Å². The third-order valence-corrected chi connectivity index (χ3v) is 6.16. The van der Waals surface area contributed by atoms with Crippen LogP contribution in [-0.2, 0) is 12.8 Å².